The highest BCUT2D eigenvalue weighted by Crippen LogP contribution is 2.29. The Labute approximate surface area is 156 Å². The molecule has 2 aromatic rings. The van der Waals surface area contributed by atoms with Gasteiger partial charge in [-0.25, -0.2) is 4.98 Å². The molecule has 1 N–H and O–H groups in total. The van der Waals surface area contributed by atoms with Gasteiger partial charge in [-0.05, 0) is 49.4 Å². The van der Waals surface area contributed by atoms with Crippen molar-refractivity contribution in [2.75, 3.05) is 20.2 Å². The quantitative estimate of drug-likeness (QED) is 0.837. The third kappa shape index (κ3) is 4.40. The molecule has 0 aliphatic carbocycles. The highest BCUT2D eigenvalue weighted by Gasteiger charge is 2.26. The molecule has 1 amide bonds. The van der Waals surface area contributed by atoms with Gasteiger partial charge in [0.2, 0.25) is 0 Å². The number of aliphatic carboxylic acids is 1. The van der Waals surface area contributed by atoms with E-state index < -0.39 is 5.97 Å². The van der Waals surface area contributed by atoms with E-state index in [4.69, 9.17) is 9.84 Å². The molecule has 2 heterocycles. The zero-order valence-corrected chi connectivity index (χ0v) is 15.5. The van der Waals surface area contributed by atoms with Gasteiger partial charge in [0, 0.05) is 25.1 Å². The summed E-state index contributed by atoms with van der Waals surface area (Å²) in [4.78, 5) is 30.4. The molecule has 1 fully saturated rings. The first-order chi connectivity index (χ1) is 12.6. The molecule has 26 heavy (non-hydrogen) atoms. The number of carbonyl (C=O) groups excluding carboxylic acids is 1. The van der Waals surface area contributed by atoms with Crippen molar-refractivity contribution >= 4 is 23.2 Å². The van der Waals surface area contributed by atoms with E-state index in [-0.39, 0.29) is 18.2 Å². The van der Waals surface area contributed by atoms with Gasteiger partial charge in [-0.1, -0.05) is 0 Å². The van der Waals surface area contributed by atoms with Gasteiger partial charge < -0.3 is 14.7 Å². The number of carbonyl (C=O) groups is 2. The Balaban J connectivity index is 1.66. The van der Waals surface area contributed by atoms with Crippen molar-refractivity contribution in [1.29, 1.82) is 0 Å². The Hall–Kier alpha value is -2.41. The van der Waals surface area contributed by atoms with Crippen LogP contribution in [0.25, 0.3) is 10.6 Å². The van der Waals surface area contributed by atoms with Crippen molar-refractivity contribution in [2.24, 2.45) is 5.92 Å². The fraction of sp³-hybridized carbons (Fsp3) is 0.421. The van der Waals surface area contributed by atoms with Gasteiger partial charge in [0.1, 0.15) is 15.6 Å². The van der Waals surface area contributed by atoms with Gasteiger partial charge in [0.15, 0.2) is 0 Å². The summed E-state index contributed by atoms with van der Waals surface area (Å²) >= 11 is 1.38. The van der Waals surface area contributed by atoms with Crippen LogP contribution < -0.4 is 4.74 Å². The first kappa shape index (κ1) is 18.4. The molecule has 1 saturated heterocycles. The Bertz CT molecular complexity index is 772. The molecule has 1 aromatic carbocycles. The lowest BCUT2D eigenvalue weighted by Gasteiger charge is -2.32. The molecule has 0 spiro atoms. The van der Waals surface area contributed by atoms with E-state index >= 15 is 0 Å². The second-order valence-electron chi connectivity index (χ2n) is 6.45. The molecule has 0 unspecified atom stereocenters. The molecule has 138 valence electrons. The SMILES string of the molecule is COc1ccc(-c2ncc(C(=O)N3CCC[C@H](CCC(=O)O)C3)s2)cc1. The zero-order chi connectivity index (χ0) is 18.5. The lowest BCUT2D eigenvalue weighted by atomic mass is 9.93. The number of piperidine rings is 1. The van der Waals surface area contributed by atoms with Crippen LogP contribution in [0, 0.1) is 5.92 Å². The molecule has 6 nitrogen and oxygen atoms in total. The number of amides is 1. The molecule has 1 aliphatic heterocycles. The molecule has 0 saturated carbocycles. The molecular weight excluding hydrogens is 352 g/mol. The maximum absolute atomic E-state index is 12.8. The average molecular weight is 374 g/mol. The van der Waals surface area contributed by atoms with Crippen LogP contribution in [0.15, 0.2) is 30.5 Å². The van der Waals surface area contributed by atoms with Gasteiger partial charge in [-0.2, -0.15) is 0 Å². The lowest BCUT2D eigenvalue weighted by Crippen LogP contribution is -2.39. The second kappa shape index (κ2) is 8.31. The third-order valence-electron chi connectivity index (χ3n) is 4.63. The van der Waals surface area contributed by atoms with E-state index in [0.29, 0.717) is 17.8 Å². The Morgan fingerprint density at radius 3 is 2.81 bits per heavy atom. The summed E-state index contributed by atoms with van der Waals surface area (Å²) in [6.07, 6.45) is 4.32. The number of likely N-dealkylation sites (tertiary alicyclic amines) is 1. The second-order valence-corrected chi connectivity index (χ2v) is 7.48. The zero-order valence-electron chi connectivity index (χ0n) is 14.7. The number of carboxylic acids is 1. The average Bonchev–Trinajstić information content (AvgIpc) is 3.16. The van der Waals surface area contributed by atoms with Crippen LogP contribution in [0.2, 0.25) is 0 Å². The van der Waals surface area contributed by atoms with Crippen LogP contribution in [0.1, 0.15) is 35.4 Å². The standard InChI is InChI=1S/C19H22N2O4S/c1-25-15-7-5-14(6-8-15)18-20-11-16(26-18)19(24)21-10-2-3-13(12-21)4-9-17(22)23/h5-8,11,13H,2-4,9-10,12H2,1H3,(H,22,23)/t13-/m1/s1. The number of benzene rings is 1. The van der Waals surface area contributed by atoms with Gasteiger partial charge >= 0.3 is 5.97 Å². The Morgan fingerprint density at radius 1 is 1.35 bits per heavy atom. The topological polar surface area (TPSA) is 79.7 Å². The Morgan fingerprint density at radius 2 is 2.12 bits per heavy atom. The molecule has 7 heteroatoms. The van der Waals surface area contributed by atoms with E-state index in [1.165, 1.54) is 11.3 Å². The molecule has 1 aromatic heterocycles. The lowest BCUT2D eigenvalue weighted by molar-refractivity contribution is -0.137. The largest absolute Gasteiger partial charge is 0.497 e. The summed E-state index contributed by atoms with van der Waals surface area (Å²) in [7, 11) is 1.62. The summed E-state index contributed by atoms with van der Waals surface area (Å²) in [6.45, 7) is 1.35. The third-order valence-corrected chi connectivity index (χ3v) is 5.66. The van der Waals surface area contributed by atoms with E-state index in [0.717, 1.165) is 35.7 Å². The van der Waals surface area contributed by atoms with Gasteiger partial charge in [0.25, 0.3) is 5.91 Å². The maximum atomic E-state index is 12.8. The van der Waals surface area contributed by atoms with Crippen molar-refractivity contribution in [3.63, 3.8) is 0 Å². The van der Waals surface area contributed by atoms with Crippen molar-refractivity contribution in [3.8, 4) is 16.3 Å². The van der Waals surface area contributed by atoms with E-state index in [1.807, 2.05) is 29.2 Å². The summed E-state index contributed by atoms with van der Waals surface area (Å²) in [5.74, 6) is 0.252. The summed E-state index contributed by atoms with van der Waals surface area (Å²) in [6, 6.07) is 7.59. The number of methoxy groups -OCH3 is 1. The molecule has 1 atom stereocenters. The van der Waals surface area contributed by atoms with Gasteiger partial charge in [-0.3, -0.25) is 9.59 Å². The van der Waals surface area contributed by atoms with Crippen LogP contribution in [0.5, 0.6) is 5.75 Å². The Kier molecular flexibility index (Phi) is 5.88. The first-order valence-electron chi connectivity index (χ1n) is 8.68. The number of hydrogen-bond donors (Lipinski definition) is 1. The van der Waals surface area contributed by atoms with E-state index in [9.17, 15) is 9.59 Å². The van der Waals surface area contributed by atoms with Crippen molar-refractivity contribution < 1.29 is 19.4 Å². The predicted molar refractivity (Wildman–Crippen MR) is 99.6 cm³/mol. The fourth-order valence-electron chi connectivity index (χ4n) is 3.21. The number of carboxylic acid groups (broad SMARTS) is 1. The minimum absolute atomic E-state index is 0.0118. The summed E-state index contributed by atoms with van der Waals surface area (Å²) < 4.78 is 5.16. The van der Waals surface area contributed by atoms with Crippen LogP contribution in [-0.2, 0) is 4.79 Å². The first-order valence-corrected chi connectivity index (χ1v) is 9.50. The van der Waals surface area contributed by atoms with E-state index in [1.54, 1.807) is 13.3 Å². The minimum Gasteiger partial charge on any atom is -0.497 e. The van der Waals surface area contributed by atoms with Crippen molar-refractivity contribution in [3.05, 3.63) is 35.3 Å². The molecule has 0 bridgehead atoms. The van der Waals surface area contributed by atoms with Crippen LogP contribution in [-0.4, -0.2) is 47.1 Å². The number of aromatic nitrogens is 1. The highest BCUT2D eigenvalue weighted by molar-refractivity contribution is 7.16. The fourth-order valence-corrected chi connectivity index (χ4v) is 4.10. The highest BCUT2D eigenvalue weighted by atomic mass is 32.1. The molecule has 0 radical (unpaired) electrons. The maximum Gasteiger partial charge on any atom is 0.303 e. The number of ether oxygens (including phenoxy) is 1. The van der Waals surface area contributed by atoms with Gasteiger partial charge in [-0.15, -0.1) is 11.3 Å². The van der Waals surface area contributed by atoms with Crippen molar-refractivity contribution in [2.45, 2.75) is 25.7 Å². The minimum atomic E-state index is -0.778. The van der Waals surface area contributed by atoms with Gasteiger partial charge in [0.05, 0.1) is 13.3 Å². The van der Waals surface area contributed by atoms with Crippen LogP contribution >= 0.6 is 11.3 Å². The molecule has 3 rings (SSSR count). The number of thiazole rings is 1. The normalized spacial score (nSPS) is 17.1. The van der Waals surface area contributed by atoms with Crippen LogP contribution in [0.4, 0.5) is 0 Å². The number of nitrogens with zero attached hydrogens (tertiary/aromatic N) is 2. The van der Waals surface area contributed by atoms with Crippen molar-refractivity contribution in [1.82, 2.24) is 9.88 Å². The van der Waals surface area contributed by atoms with Crippen LogP contribution in [0.3, 0.4) is 0 Å². The molecular formula is C19H22N2O4S. The number of rotatable bonds is 6. The smallest absolute Gasteiger partial charge is 0.303 e. The predicted octanol–water partition coefficient (Wildman–Crippen LogP) is 3.54. The number of hydrogen-bond acceptors (Lipinski definition) is 5. The summed E-state index contributed by atoms with van der Waals surface area (Å²) in [5, 5.41) is 9.65. The monoisotopic (exact) mass is 374 g/mol. The molecule has 1 aliphatic rings. The summed E-state index contributed by atoms with van der Waals surface area (Å²) in [5.41, 5.74) is 0.952. The van der Waals surface area contributed by atoms with E-state index in [2.05, 4.69) is 4.98 Å².